The van der Waals surface area contributed by atoms with Crippen molar-refractivity contribution in [3.63, 3.8) is 0 Å². The van der Waals surface area contributed by atoms with Gasteiger partial charge in [-0.3, -0.25) is 0 Å². The van der Waals surface area contributed by atoms with Gasteiger partial charge >= 0.3 is 5.82 Å². The molecule has 0 bridgehead atoms. The Bertz CT molecular complexity index is 1040. The van der Waals surface area contributed by atoms with Crippen molar-refractivity contribution < 1.29 is 19.6 Å². The van der Waals surface area contributed by atoms with Gasteiger partial charge in [0.15, 0.2) is 11.5 Å². The molecule has 0 saturated heterocycles. The maximum absolute atomic E-state index is 11.3. The van der Waals surface area contributed by atoms with Crippen LogP contribution in [0, 0.1) is 10.1 Å². The first kappa shape index (κ1) is 15.7. The Kier molecular flexibility index (Phi) is 3.77. The highest BCUT2D eigenvalue weighted by Crippen LogP contribution is 2.31. The molecule has 132 valence electrons. The van der Waals surface area contributed by atoms with Crippen LogP contribution in [0.1, 0.15) is 0 Å². The zero-order valence-corrected chi connectivity index (χ0v) is 13.3. The average molecular weight is 355 g/mol. The predicted octanol–water partition coefficient (Wildman–Crippen LogP) is 1.82. The number of para-hydroxylation sites is 1. The lowest BCUT2D eigenvalue weighted by atomic mass is 10.2. The largest absolute Gasteiger partial charge is 0.486 e. The Morgan fingerprint density at radius 2 is 1.85 bits per heavy atom. The van der Waals surface area contributed by atoms with E-state index in [-0.39, 0.29) is 5.49 Å². The highest BCUT2D eigenvalue weighted by molar-refractivity contribution is 5.49. The molecule has 0 unspecified atom stereocenters. The number of hydrogen-bond acceptors (Lipinski definition) is 7. The maximum atomic E-state index is 11.3. The number of fused-ring (bicyclic) bond motifs is 1. The number of nitro groups is 1. The Labute approximate surface area is 146 Å². The molecule has 2 heterocycles. The maximum Gasteiger partial charge on any atom is 0.438 e. The molecular weight excluding hydrogens is 342 g/mol. The number of aromatic nitrogens is 3. The molecule has 0 spiro atoms. The summed E-state index contributed by atoms with van der Waals surface area (Å²) >= 11 is 0. The van der Waals surface area contributed by atoms with Crippen LogP contribution in [0.3, 0.4) is 0 Å². The van der Waals surface area contributed by atoms with Crippen LogP contribution in [0.5, 0.6) is 11.5 Å². The normalized spacial score (nSPS) is 13.6. The molecule has 0 atom stereocenters. The zero-order valence-electron chi connectivity index (χ0n) is 13.3. The van der Waals surface area contributed by atoms with E-state index in [0.29, 0.717) is 40.9 Å². The minimum atomic E-state index is -0.705. The molecule has 26 heavy (non-hydrogen) atoms. The van der Waals surface area contributed by atoms with E-state index >= 15 is 0 Å². The lowest BCUT2D eigenvalue weighted by Gasteiger charge is -2.18. The topological polar surface area (TPSA) is 117 Å². The van der Waals surface area contributed by atoms with Gasteiger partial charge in [-0.1, -0.05) is 23.0 Å². The molecule has 1 aliphatic heterocycles. The van der Waals surface area contributed by atoms with E-state index in [1.165, 1.54) is 0 Å². The van der Waals surface area contributed by atoms with Crippen molar-refractivity contribution in [3.05, 3.63) is 64.1 Å². The summed E-state index contributed by atoms with van der Waals surface area (Å²) in [5, 5.41) is 25.6. The fraction of sp³-hybridized carbons (Fsp3) is 0.125. The van der Waals surface area contributed by atoms with Crippen molar-refractivity contribution >= 4 is 11.5 Å². The van der Waals surface area contributed by atoms with Crippen molar-refractivity contribution in [1.29, 1.82) is 0 Å². The molecule has 1 N–H and O–H groups in total. The number of ether oxygens (including phenoxy) is 2. The van der Waals surface area contributed by atoms with Crippen LogP contribution < -0.4 is 15.0 Å². The lowest BCUT2D eigenvalue weighted by Crippen LogP contribution is -2.22. The molecule has 4 rings (SSSR count). The van der Waals surface area contributed by atoms with E-state index in [0.717, 1.165) is 4.80 Å². The average Bonchev–Trinajstić information content (AvgIpc) is 2.99. The van der Waals surface area contributed by atoms with E-state index in [1.807, 2.05) is 0 Å². The van der Waals surface area contributed by atoms with E-state index in [2.05, 4.69) is 10.1 Å². The van der Waals surface area contributed by atoms with Crippen molar-refractivity contribution in [2.24, 2.45) is 4.99 Å². The summed E-state index contributed by atoms with van der Waals surface area (Å²) < 4.78 is 10.9. The standard InChI is InChI=1S/C16H13N5O5/c22-20-15(17-11-4-2-1-3-5-11)16(21(23)24)18-19(20)12-6-7-13-14(10-12)26-9-8-25-13/h1-7,10,22H,8-9H2. The summed E-state index contributed by atoms with van der Waals surface area (Å²) in [6.07, 6.45) is 0. The van der Waals surface area contributed by atoms with Crippen LogP contribution in [0.2, 0.25) is 0 Å². The molecule has 1 aromatic heterocycles. The Morgan fingerprint density at radius 1 is 1.12 bits per heavy atom. The van der Waals surface area contributed by atoms with Gasteiger partial charge < -0.3 is 24.8 Å². The SMILES string of the molecule is O=[N+]([O-])c1nn(-c2ccc3c(c2)OCCO3)n(O)c1=Nc1ccccc1. The van der Waals surface area contributed by atoms with Gasteiger partial charge in [0.2, 0.25) is 0 Å². The summed E-state index contributed by atoms with van der Waals surface area (Å²) in [7, 11) is 0. The number of nitrogens with zero attached hydrogens (tertiary/aromatic N) is 5. The highest BCUT2D eigenvalue weighted by Gasteiger charge is 2.25. The van der Waals surface area contributed by atoms with Crippen LogP contribution >= 0.6 is 0 Å². The van der Waals surface area contributed by atoms with Crippen molar-refractivity contribution in [2.75, 3.05) is 13.2 Å². The minimum absolute atomic E-state index is 0.295. The zero-order chi connectivity index (χ0) is 18.1. The van der Waals surface area contributed by atoms with Crippen LogP contribution in [0.15, 0.2) is 53.5 Å². The molecule has 2 aromatic carbocycles. The summed E-state index contributed by atoms with van der Waals surface area (Å²) in [4.78, 5) is 16.3. The summed E-state index contributed by atoms with van der Waals surface area (Å²) in [5.74, 6) is 0.444. The van der Waals surface area contributed by atoms with Crippen LogP contribution in [-0.4, -0.2) is 38.1 Å². The van der Waals surface area contributed by atoms with Crippen molar-refractivity contribution in [1.82, 2.24) is 14.7 Å². The quantitative estimate of drug-likeness (QED) is 0.435. The Hall–Kier alpha value is -3.82. The van der Waals surface area contributed by atoms with Gasteiger partial charge in [-0.2, -0.15) is 0 Å². The molecular formula is C16H13N5O5. The fourth-order valence-corrected chi connectivity index (χ4v) is 2.52. The third kappa shape index (κ3) is 2.73. The first-order chi connectivity index (χ1) is 12.6. The number of rotatable bonds is 3. The second-order valence-corrected chi connectivity index (χ2v) is 5.36. The lowest BCUT2D eigenvalue weighted by molar-refractivity contribution is -0.391. The number of hydrogen-bond donors (Lipinski definition) is 1. The smallest absolute Gasteiger partial charge is 0.438 e. The van der Waals surface area contributed by atoms with Gasteiger partial charge in [-0.25, -0.2) is 4.99 Å². The molecule has 0 radical (unpaired) electrons. The highest BCUT2D eigenvalue weighted by atomic mass is 16.6. The van der Waals surface area contributed by atoms with Crippen molar-refractivity contribution in [3.8, 4) is 17.2 Å². The summed E-state index contributed by atoms with van der Waals surface area (Å²) in [5.41, 5.74) is 0.505. The fourth-order valence-electron chi connectivity index (χ4n) is 2.52. The van der Waals surface area contributed by atoms with E-state index in [9.17, 15) is 15.3 Å². The van der Waals surface area contributed by atoms with Gasteiger partial charge in [0.05, 0.1) is 10.8 Å². The molecule has 10 heteroatoms. The van der Waals surface area contributed by atoms with Gasteiger partial charge in [-0.15, -0.1) is 0 Å². The van der Waals surface area contributed by atoms with E-state index in [1.54, 1.807) is 48.5 Å². The van der Waals surface area contributed by atoms with Crippen LogP contribution in [0.25, 0.3) is 5.69 Å². The molecule has 0 amide bonds. The van der Waals surface area contributed by atoms with E-state index < -0.39 is 10.7 Å². The van der Waals surface area contributed by atoms with Crippen LogP contribution in [0.4, 0.5) is 11.5 Å². The second kappa shape index (κ2) is 6.24. The van der Waals surface area contributed by atoms with Gasteiger partial charge in [-0.05, 0) is 34.0 Å². The minimum Gasteiger partial charge on any atom is -0.486 e. The van der Waals surface area contributed by atoms with Crippen molar-refractivity contribution in [2.45, 2.75) is 0 Å². The predicted molar refractivity (Wildman–Crippen MR) is 88.0 cm³/mol. The Morgan fingerprint density at radius 3 is 2.58 bits per heavy atom. The molecule has 1 aliphatic rings. The first-order valence-electron chi connectivity index (χ1n) is 7.69. The van der Waals surface area contributed by atoms with Gasteiger partial charge in [0.25, 0.3) is 5.49 Å². The number of benzene rings is 2. The third-order valence-corrected chi connectivity index (χ3v) is 3.68. The molecule has 10 nitrogen and oxygen atoms in total. The van der Waals surface area contributed by atoms with Gasteiger partial charge in [0, 0.05) is 6.07 Å². The molecule has 3 aromatic rings. The molecule has 0 fully saturated rings. The second-order valence-electron chi connectivity index (χ2n) is 5.36. The summed E-state index contributed by atoms with van der Waals surface area (Å²) in [6.45, 7) is 0.836. The first-order valence-corrected chi connectivity index (χ1v) is 7.69. The monoisotopic (exact) mass is 355 g/mol. The summed E-state index contributed by atoms with van der Waals surface area (Å²) in [6, 6.07) is 13.4. The molecule has 0 aliphatic carbocycles. The third-order valence-electron chi connectivity index (χ3n) is 3.68. The van der Waals surface area contributed by atoms with Gasteiger partial charge in [0.1, 0.15) is 18.9 Å². The Balaban J connectivity index is 1.87. The molecule has 0 saturated carbocycles. The van der Waals surface area contributed by atoms with Crippen LogP contribution in [-0.2, 0) is 0 Å². The van der Waals surface area contributed by atoms with E-state index in [4.69, 9.17) is 9.47 Å².